The summed E-state index contributed by atoms with van der Waals surface area (Å²) in [5, 5.41) is 0. The topological polar surface area (TPSA) is 26.3 Å². The monoisotopic (exact) mass is 246 g/mol. The summed E-state index contributed by atoms with van der Waals surface area (Å²) in [6.07, 6.45) is 1.03. The number of carbonyl (C=O) groups is 1. The highest BCUT2D eigenvalue weighted by Gasteiger charge is 2.06. The highest BCUT2D eigenvalue weighted by molar-refractivity contribution is 6.44. The van der Waals surface area contributed by atoms with Crippen LogP contribution in [-0.2, 0) is 16.0 Å². The third-order valence-corrected chi connectivity index (χ3v) is 2.08. The summed E-state index contributed by atoms with van der Waals surface area (Å²) in [7, 11) is 0. The molecular formula is C11H12Cl2O2. The summed E-state index contributed by atoms with van der Waals surface area (Å²) < 4.78 is 4.82. The van der Waals surface area contributed by atoms with Crippen LogP contribution in [0.3, 0.4) is 0 Å². The van der Waals surface area contributed by atoms with Gasteiger partial charge in [0, 0.05) is 6.42 Å². The molecule has 0 fully saturated rings. The molecule has 0 spiro atoms. The van der Waals surface area contributed by atoms with Crippen LogP contribution in [-0.4, -0.2) is 17.4 Å². The van der Waals surface area contributed by atoms with Gasteiger partial charge >= 0.3 is 5.97 Å². The molecule has 4 heteroatoms. The molecule has 0 atom stereocenters. The highest BCUT2D eigenvalue weighted by atomic mass is 35.5. The van der Waals surface area contributed by atoms with Crippen molar-refractivity contribution in [1.29, 1.82) is 0 Å². The molecule has 0 aliphatic carbocycles. The second-order valence-corrected chi connectivity index (χ2v) is 4.34. The normalized spacial score (nSPS) is 10.3. The van der Waals surface area contributed by atoms with Crippen molar-refractivity contribution < 1.29 is 9.53 Å². The molecule has 0 radical (unpaired) electrons. The number of alkyl halides is 2. The van der Waals surface area contributed by atoms with Crippen LogP contribution in [0.1, 0.15) is 12.0 Å². The number of carbonyl (C=O) groups excluding carboxylic acids is 1. The van der Waals surface area contributed by atoms with Crippen LogP contribution >= 0.6 is 23.2 Å². The van der Waals surface area contributed by atoms with Crippen molar-refractivity contribution in [3.63, 3.8) is 0 Å². The Morgan fingerprint density at radius 1 is 1.27 bits per heavy atom. The molecular weight excluding hydrogens is 235 g/mol. The van der Waals surface area contributed by atoms with Gasteiger partial charge in [-0.25, -0.2) is 0 Å². The molecule has 0 aliphatic heterocycles. The van der Waals surface area contributed by atoms with Crippen molar-refractivity contribution in [1.82, 2.24) is 0 Å². The largest absolute Gasteiger partial charge is 0.463 e. The van der Waals surface area contributed by atoms with E-state index in [1.165, 1.54) is 0 Å². The zero-order valence-corrected chi connectivity index (χ0v) is 9.67. The number of rotatable bonds is 5. The summed E-state index contributed by atoms with van der Waals surface area (Å²) in [4.78, 5) is 10.5. The summed E-state index contributed by atoms with van der Waals surface area (Å²) in [5.41, 5.74) is 1.11. The number of hydrogen-bond acceptors (Lipinski definition) is 2. The van der Waals surface area contributed by atoms with Crippen molar-refractivity contribution in [3.8, 4) is 0 Å². The molecule has 0 aromatic heterocycles. The number of ether oxygens (including phenoxy) is 1. The lowest BCUT2D eigenvalue weighted by atomic mass is 10.1. The second-order valence-electron chi connectivity index (χ2n) is 3.06. The molecule has 2 nitrogen and oxygen atoms in total. The summed E-state index contributed by atoms with van der Waals surface area (Å²) >= 11 is 10.9. The number of aryl methyl sites for hydroxylation is 1. The lowest BCUT2D eigenvalue weighted by Crippen LogP contribution is -2.10. The highest BCUT2D eigenvalue weighted by Crippen LogP contribution is 2.05. The molecule has 1 aromatic rings. The van der Waals surface area contributed by atoms with Gasteiger partial charge in [-0.15, -0.1) is 23.2 Å². The molecule has 0 aliphatic rings. The van der Waals surface area contributed by atoms with E-state index in [9.17, 15) is 4.79 Å². The first-order valence-corrected chi connectivity index (χ1v) is 5.53. The van der Waals surface area contributed by atoms with Crippen molar-refractivity contribution in [2.24, 2.45) is 0 Å². The Labute approximate surface area is 99.1 Å². The SMILES string of the molecule is O=C(CCc1ccccc1)OCC(Cl)Cl. The molecule has 0 saturated carbocycles. The van der Waals surface area contributed by atoms with Gasteiger partial charge in [0.05, 0.1) is 0 Å². The quantitative estimate of drug-likeness (QED) is 0.590. The second kappa shape index (κ2) is 6.70. The smallest absolute Gasteiger partial charge is 0.306 e. The van der Waals surface area contributed by atoms with Gasteiger partial charge < -0.3 is 4.74 Å². The molecule has 1 rings (SSSR count). The van der Waals surface area contributed by atoms with Crippen molar-refractivity contribution in [2.75, 3.05) is 6.61 Å². The minimum Gasteiger partial charge on any atom is -0.463 e. The van der Waals surface area contributed by atoms with E-state index in [4.69, 9.17) is 27.9 Å². The maximum absolute atomic E-state index is 11.2. The van der Waals surface area contributed by atoms with E-state index in [0.717, 1.165) is 5.56 Å². The fraction of sp³-hybridized carbons (Fsp3) is 0.364. The van der Waals surface area contributed by atoms with E-state index in [2.05, 4.69) is 0 Å². The first-order valence-electron chi connectivity index (χ1n) is 4.66. The Morgan fingerprint density at radius 3 is 2.53 bits per heavy atom. The Kier molecular flexibility index (Phi) is 5.51. The van der Waals surface area contributed by atoms with Gasteiger partial charge in [-0.05, 0) is 12.0 Å². The zero-order chi connectivity index (χ0) is 11.1. The minimum atomic E-state index is -0.648. The first-order chi connectivity index (χ1) is 7.18. The van der Waals surface area contributed by atoms with Gasteiger partial charge in [-0.2, -0.15) is 0 Å². The molecule has 0 N–H and O–H groups in total. The maximum Gasteiger partial charge on any atom is 0.306 e. The van der Waals surface area contributed by atoms with E-state index in [1.54, 1.807) is 0 Å². The average Bonchev–Trinajstić information content (AvgIpc) is 2.25. The predicted molar refractivity (Wildman–Crippen MR) is 61.2 cm³/mol. The fourth-order valence-corrected chi connectivity index (χ4v) is 1.25. The molecule has 1 aromatic carbocycles. The molecule has 0 saturated heterocycles. The Hall–Kier alpha value is -0.730. The van der Waals surface area contributed by atoms with Gasteiger partial charge in [0.2, 0.25) is 0 Å². The standard InChI is InChI=1S/C11H12Cl2O2/c12-10(13)8-15-11(14)7-6-9-4-2-1-3-5-9/h1-5,10H,6-8H2. The van der Waals surface area contributed by atoms with Gasteiger partial charge in [0.25, 0.3) is 0 Å². The Morgan fingerprint density at radius 2 is 1.93 bits per heavy atom. The molecule has 15 heavy (non-hydrogen) atoms. The van der Waals surface area contributed by atoms with Crippen LogP contribution in [0.5, 0.6) is 0 Å². The Balaban J connectivity index is 2.23. The van der Waals surface area contributed by atoms with Crippen molar-refractivity contribution >= 4 is 29.2 Å². The van der Waals surface area contributed by atoms with E-state index >= 15 is 0 Å². The van der Waals surface area contributed by atoms with Crippen LogP contribution in [0, 0.1) is 0 Å². The van der Waals surface area contributed by atoms with E-state index < -0.39 is 4.84 Å². The molecule has 0 amide bonds. The molecule has 0 bridgehead atoms. The fourth-order valence-electron chi connectivity index (χ4n) is 1.12. The lowest BCUT2D eigenvalue weighted by Gasteiger charge is -2.04. The van der Waals surface area contributed by atoms with Crippen LogP contribution in [0.25, 0.3) is 0 Å². The molecule has 82 valence electrons. The van der Waals surface area contributed by atoms with Crippen LogP contribution in [0.2, 0.25) is 0 Å². The van der Waals surface area contributed by atoms with Crippen LogP contribution in [0.4, 0.5) is 0 Å². The zero-order valence-electron chi connectivity index (χ0n) is 8.16. The van der Waals surface area contributed by atoms with Crippen LogP contribution < -0.4 is 0 Å². The third kappa shape index (κ3) is 5.65. The number of hydrogen-bond donors (Lipinski definition) is 0. The van der Waals surface area contributed by atoms with Gasteiger partial charge in [0.1, 0.15) is 11.4 Å². The number of benzene rings is 1. The summed E-state index contributed by atoms with van der Waals surface area (Å²) in [5.74, 6) is -0.273. The molecule has 0 unspecified atom stereocenters. The van der Waals surface area contributed by atoms with Gasteiger partial charge in [0.15, 0.2) is 0 Å². The lowest BCUT2D eigenvalue weighted by molar-refractivity contribution is -0.143. The van der Waals surface area contributed by atoms with E-state index in [-0.39, 0.29) is 12.6 Å². The van der Waals surface area contributed by atoms with Gasteiger partial charge in [-0.3, -0.25) is 4.79 Å². The van der Waals surface area contributed by atoms with Crippen molar-refractivity contribution in [2.45, 2.75) is 17.7 Å². The van der Waals surface area contributed by atoms with Crippen LogP contribution in [0.15, 0.2) is 30.3 Å². The van der Waals surface area contributed by atoms with E-state index in [0.29, 0.717) is 12.8 Å². The minimum absolute atomic E-state index is 0.0523. The number of esters is 1. The Bertz CT molecular complexity index is 299. The summed E-state index contributed by atoms with van der Waals surface area (Å²) in [6, 6.07) is 9.76. The summed E-state index contributed by atoms with van der Waals surface area (Å²) in [6.45, 7) is 0.0523. The maximum atomic E-state index is 11.2. The predicted octanol–water partition coefficient (Wildman–Crippen LogP) is 2.97. The van der Waals surface area contributed by atoms with Gasteiger partial charge in [-0.1, -0.05) is 30.3 Å². The van der Waals surface area contributed by atoms with Crippen molar-refractivity contribution in [3.05, 3.63) is 35.9 Å². The average molecular weight is 247 g/mol. The first kappa shape index (κ1) is 12.3. The third-order valence-electron chi connectivity index (χ3n) is 1.83. The number of halogens is 2. The molecule has 0 heterocycles. The van der Waals surface area contributed by atoms with E-state index in [1.807, 2.05) is 30.3 Å².